The number of carbonyl (C=O) groups is 1. The Morgan fingerprint density at radius 2 is 1.96 bits per heavy atom. The molecule has 1 spiro atoms. The van der Waals surface area contributed by atoms with Crippen LogP contribution in [0.3, 0.4) is 0 Å². The molecule has 1 aliphatic heterocycles. The maximum Gasteiger partial charge on any atom is 0.195 e. The third kappa shape index (κ3) is 2.59. The van der Waals surface area contributed by atoms with E-state index in [1.165, 1.54) is 11.1 Å². The Balaban J connectivity index is 1.52. The second-order valence-corrected chi connectivity index (χ2v) is 9.70. The largest absolute Gasteiger partial charge is 0.381 e. The fourth-order valence-electron chi connectivity index (χ4n) is 4.74. The monoisotopic (exact) mass is 376 g/mol. The molecule has 3 aliphatic carbocycles. The summed E-state index contributed by atoms with van der Waals surface area (Å²) in [5.74, 6) is 1.13. The second-order valence-electron chi connectivity index (χ2n) is 8.67. The highest BCUT2D eigenvalue weighted by Crippen LogP contribution is 2.65. The van der Waals surface area contributed by atoms with Crippen molar-refractivity contribution in [1.29, 1.82) is 0 Å². The Bertz CT molecular complexity index is 765. The number of carbonyl (C=O) groups excluding carboxylic acids is 1. The van der Waals surface area contributed by atoms with Crippen LogP contribution in [0.25, 0.3) is 0 Å². The zero-order valence-electron chi connectivity index (χ0n) is 16.3. The van der Waals surface area contributed by atoms with E-state index in [1.54, 1.807) is 6.92 Å². The molecule has 1 unspecified atom stereocenters. The first kappa shape index (κ1) is 18.5. The van der Waals surface area contributed by atoms with Gasteiger partial charge in [-0.3, -0.25) is 4.79 Å². The lowest BCUT2D eigenvalue weighted by Crippen LogP contribution is -2.49. The highest BCUT2D eigenvalue weighted by Gasteiger charge is 2.65. The molecule has 0 aromatic heterocycles. The number of ether oxygens (including phenoxy) is 2. The summed E-state index contributed by atoms with van der Waals surface area (Å²) in [6.45, 7) is 10.4. The summed E-state index contributed by atoms with van der Waals surface area (Å²) >= 11 is 1.83. The molecule has 0 bridgehead atoms. The molecule has 5 heteroatoms. The average molecular weight is 377 g/mol. The molecule has 0 amide bonds. The molecule has 0 radical (unpaired) electrons. The van der Waals surface area contributed by atoms with Gasteiger partial charge in [-0.05, 0) is 70.3 Å². The van der Waals surface area contributed by atoms with Gasteiger partial charge in [-0.15, -0.1) is 0 Å². The van der Waals surface area contributed by atoms with Crippen LogP contribution in [0.15, 0.2) is 33.9 Å². The Labute approximate surface area is 159 Å². The first-order valence-corrected chi connectivity index (χ1v) is 10.5. The van der Waals surface area contributed by atoms with E-state index in [0.29, 0.717) is 12.2 Å². The van der Waals surface area contributed by atoms with E-state index in [-0.39, 0.29) is 17.3 Å². The van der Waals surface area contributed by atoms with Gasteiger partial charge in [0, 0.05) is 22.5 Å². The average Bonchev–Trinajstić information content (AvgIpc) is 3.22. The zero-order chi connectivity index (χ0) is 18.9. The van der Waals surface area contributed by atoms with Crippen molar-refractivity contribution < 1.29 is 19.4 Å². The van der Waals surface area contributed by atoms with Gasteiger partial charge in [0.25, 0.3) is 0 Å². The smallest absolute Gasteiger partial charge is 0.195 e. The predicted molar refractivity (Wildman–Crippen MR) is 103 cm³/mol. The van der Waals surface area contributed by atoms with Crippen LogP contribution in [0, 0.1) is 5.41 Å². The Morgan fingerprint density at radius 3 is 2.54 bits per heavy atom. The maximum atomic E-state index is 13.0. The van der Waals surface area contributed by atoms with E-state index in [2.05, 4.69) is 13.8 Å². The van der Waals surface area contributed by atoms with Crippen molar-refractivity contribution >= 4 is 17.5 Å². The van der Waals surface area contributed by atoms with Crippen molar-refractivity contribution in [3.8, 4) is 0 Å². The number of fused-ring (bicyclic) bond motifs is 1. The summed E-state index contributed by atoms with van der Waals surface area (Å²) in [4.78, 5) is 13.0. The van der Waals surface area contributed by atoms with E-state index >= 15 is 0 Å². The van der Waals surface area contributed by atoms with Gasteiger partial charge in [0.15, 0.2) is 11.6 Å². The number of ketones is 1. The summed E-state index contributed by atoms with van der Waals surface area (Å²) < 4.78 is 11.5. The molecule has 2 fully saturated rings. The van der Waals surface area contributed by atoms with E-state index in [4.69, 9.17) is 9.47 Å². The summed E-state index contributed by atoms with van der Waals surface area (Å²) in [6.07, 6.45) is 3.88. The highest BCUT2D eigenvalue weighted by atomic mass is 32.2. The molecule has 26 heavy (non-hydrogen) atoms. The minimum atomic E-state index is -1.27. The van der Waals surface area contributed by atoms with Crippen molar-refractivity contribution in [2.45, 2.75) is 65.0 Å². The van der Waals surface area contributed by atoms with Crippen molar-refractivity contribution in [3.63, 3.8) is 0 Å². The van der Waals surface area contributed by atoms with Gasteiger partial charge in [-0.2, -0.15) is 11.8 Å². The maximum absolute atomic E-state index is 13.0. The SMILES string of the molecule is CC1=C(CSCC2COC(C)(C)O2)C2=C(C)C3(CC3)[C@@](C)(O)C(=O)C2=C1. The van der Waals surface area contributed by atoms with Crippen LogP contribution >= 0.6 is 11.8 Å². The van der Waals surface area contributed by atoms with Gasteiger partial charge in [-0.1, -0.05) is 5.57 Å². The highest BCUT2D eigenvalue weighted by molar-refractivity contribution is 7.99. The second kappa shape index (κ2) is 5.81. The van der Waals surface area contributed by atoms with Crippen LogP contribution < -0.4 is 0 Å². The van der Waals surface area contributed by atoms with Gasteiger partial charge in [-0.25, -0.2) is 0 Å². The number of hydrogen-bond donors (Lipinski definition) is 1. The minimum Gasteiger partial charge on any atom is -0.381 e. The van der Waals surface area contributed by atoms with Gasteiger partial charge in [0.05, 0.1) is 12.7 Å². The molecule has 0 aromatic carbocycles. The van der Waals surface area contributed by atoms with Gasteiger partial charge in [0.1, 0.15) is 5.60 Å². The van der Waals surface area contributed by atoms with E-state index in [9.17, 15) is 9.90 Å². The van der Waals surface area contributed by atoms with Crippen LogP contribution in [0.2, 0.25) is 0 Å². The topological polar surface area (TPSA) is 55.8 Å². The van der Waals surface area contributed by atoms with Crippen LogP contribution in [0.1, 0.15) is 47.5 Å². The molecule has 1 saturated heterocycles. The minimum absolute atomic E-state index is 0.107. The van der Waals surface area contributed by atoms with E-state index in [1.807, 2.05) is 31.7 Å². The third-order valence-electron chi connectivity index (χ3n) is 6.49. The molecule has 142 valence electrons. The molecule has 2 atom stereocenters. The first-order chi connectivity index (χ1) is 12.1. The van der Waals surface area contributed by atoms with Gasteiger partial charge in [0.2, 0.25) is 0 Å². The number of thioether (sulfide) groups is 1. The number of aliphatic hydroxyl groups is 1. The molecule has 1 heterocycles. The van der Waals surface area contributed by atoms with E-state index < -0.39 is 11.4 Å². The van der Waals surface area contributed by atoms with Crippen LogP contribution in [-0.4, -0.2) is 46.5 Å². The van der Waals surface area contributed by atoms with Crippen LogP contribution in [-0.2, 0) is 14.3 Å². The first-order valence-electron chi connectivity index (χ1n) is 9.39. The number of rotatable bonds is 4. The Kier molecular flexibility index (Phi) is 4.13. The van der Waals surface area contributed by atoms with Gasteiger partial charge >= 0.3 is 0 Å². The standard InChI is InChI=1S/C21H28O4S/c1-12-8-15-17(13(2)21(6-7-21)20(5,23)18(15)22)16(12)11-26-10-14-9-24-19(3,4)25-14/h8,14,23H,6-7,9-11H2,1-5H3/t14?,20-/m0/s1. The van der Waals surface area contributed by atoms with Crippen LogP contribution in [0.4, 0.5) is 0 Å². The fraction of sp³-hybridized carbons (Fsp3) is 0.667. The lowest BCUT2D eigenvalue weighted by molar-refractivity contribution is -0.137. The molecule has 4 rings (SSSR count). The number of allylic oxidation sites excluding steroid dienone is 3. The van der Waals surface area contributed by atoms with Crippen molar-refractivity contribution in [2.24, 2.45) is 5.41 Å². The summed E-state index contributed by atoms with van der Waals surface area (Å²) in [6, 6.07) is 0. The summed E-state index contributed by atoms with van der Waals surface area (Å²) in [5, 5.41) is 10.9. The van der Waals surface area contributed by atoms with E-state index in [0.717, 1.165) is 35.5 Å². The normalized spacial score (nSPS) is 34.6. The summed E-state index contributed by atoms with van der Waals surface area (Å²) in [7, 11) is 0. The molecule has 4 nitrogen and oxygen atoms in total. The fourth-order valence-corrected chi connectivity index (χ4v) is 5.86. The molecular formula is C21H28O4S. The quantitative estimate of drug-likeness (QED) is 0.813. The number of hydrogen-bond acceptors (Lipinski definition) is 5. The molecular weight excluding hydrogens is 348 g/mol. The third-order valence-corrected chi connectivity index (χ3v) is 7.59. The van der Waals surface area contributed by atoms with Crippen molar-refractivity contribution in [1.82, 2.24) is 0 Å². The predicted octanol–water partition coefficient (Wildman–Crippen LogP) is 3.56. The zero-order valence-corrected chi connectivity index (χ0v) is 17.1. The lowest BCUT2D eigenvalue weighted by atomic mass is 9.67. The van der Waals surface area contributed by atoms with Crippen LogP contribution in [0.5, 0.6) is 0 Å². The van der Waals surface area contributed by atoms with Gasteiger partial charge < -0.3 is 14.6 Å². The summed E-state index contributed by atoms with van der Waals surface area (Å²) in [5.41, 5.74) is 3.79. The molecule has 1 N–H and O–H groups in total. The Hall–Kier alpha value is -0.880. The molecule has 4 aliphatic rings. The number of Topliss-reactive ketones (excluding diaryl/α,β-unsaturated/α-hetero) is 1. The molecule has 1 saturated carbocycles. The lowest BCUT2D eigenvalue weighted by Gasteiger charge is -2.39. The molecule has 0 aromatic rings. The van der Waals surface area contributed by atoms with Crippen molar-refractivity contribution in [2.75, 3.05) is 18.1 Å². The Morgan fingerprint density at radius 1 is 1.27 bits per heavy atom. The van der Waals surface area contributed by atoms with Crippen molar-refractivity contribution in [3.05, 3.63) is 33.9 Å².